The van der Waals surface area contributed by atoms with E-state index in [0.717, 1.165) is 12.0 Å². The third kappa shape index (κ3) is 2.92. The van der Waals surface area contributed by atoms with Crippen molar-refractivity contribution < 1.29 is 9.59 Å². The molecular weight excluding hydrogens is 228 g/mol. The molecule has 0 aliphatic carbocycles. The summed E-state index contributed by atoms with van der Waals surface area (Å²) >= 11 is 0. The number of amides is 2. The number of carbonyl (C=O) groups is 2. The summed E-state index contributed by atoms with van der Waals surface area (Å²) in [5.41, 5.74) is 0.379. The molecule has 1 heterocycles. The van der Waals surface area contributed by atoms with Gasteiger partial charge >= 0.3 is 0 Å². The van der Waals surface area contributed by atoms with Gasteiger partial charge in [0.1, 0.15) is 11.6 Å². The minimum atomic E-state index is -0.771. The normalized spacial score (nSPS) is 22.7. The summed E-state index contributed by atoms with van der Waals surface area (Å²) in [4.78, 5) is 26.1. The average Bonchev–Trinajstić information content (AvgIpc) is 2.25. The zero-order chi connectivity index (χ0) is 13.9. The maximum absolute atomic E-state index is 12.4. The smallest absolute Gasteiger partial charge is 0.246 e. The molecule has 1 fully saturated rings. The molecule has 0 radical (unpaired) electrons. The van der Waals surface area contributed by atoms with Crippen LogP contribution in [0.5, 0.6) is 0 Å². The molecule has 1 aliphatic rings. The monoisotopic (exact) mass is 252 g/mol. The van der Waals surface area contributed by atoms with Crippen LogP contribution in [0, 0.1) is 0 Å². The van der Waals surface area contributed by atoms with Gasteiger partial charge in [-0.15, -0.1) is 0 Å². The van der Waals surface area contributed by atoms with Crippen molar-refractivity contribution in [3.8, 4) is 0 Å². The largest absolute Gasteiger partial charge is 0.342 e. The van der Waals surface area contributed by atoms with Crippen LogP contribution in [-0.4, -0.2) is 34.8 Å². The zero-order valence-corrected chi connectivity index (χ0v) is 12.0. The number of nitrogens with one attached hydrogen (secondary N) is 1. The summed E-state index contributed by atoms with van der Waals surface area (Å²) in [6.45, 7) is 10.1. The van der Waals surface area contributed by atoms with Gasteiger partial charge in [0, 0.05) is 6.54 Å². The van der Waals surface area contributed by atoms with Crippen LogP contribution in [0.2, 0.25) is 0 Å². The third-order valence-electron chi connectivity index (χ3n) is 3.36. The lowest BCUT2D eigenvalue weighted by Gasteiger charge is -2.44. The number of piperazine rings is 1. The van der Waals surface area contributed by atoms with Gasteiger partial charge in [-0.1, -0.05) is 25.0 Å². The Morgan fingerprint density at radius 3 is 2.50 bits per heavy atom. The van der Waals surface area contributed by atoms with Gasteiger partial charge in [-0.2, -0.15) is 0 Å². The van der Waals surface area contributed by atoms with E-state index in [0.29, 0.717) is 13.0 Å². The molecule has 0 spiro atoms. The van der Waals surface area contributed by atoms with E-state index in [2.05, 4.69) is 5.32 Å². The summed E-state index contributed by atoms with van der Waals surface area (Å²) in [6, 6.07) is -0.360. The first-order valence-corrected chi connectivity index (χ1v) is 6.56. The van der Waals surface area contributed by atoms with Crippen LogP contribution in [0.1, 0.15) is 47.5 Å². The minimum absolute atomic E-state index is 0.0268. The van der Waals surface area contributed by atoms with Crippen molar-refractivity contribution in [1.29, 1.82) is 0 Å². The highest BCUT2D eigenvalue weighted by molar-refractivity contribution is 5.99. The molecule has 0 aromatic rings. The van der Waals surface area contributed by atoms with Gasteiger partial charge in [-0.05, 0) is 34.1 Å². The minimum Gasteiger partial charge on any atom is -0.342 e. The highest BCUT2D eigenvalue weighted by atomic mass is 16.2. The predicted molar refractivity (Wildman–Crippen MR) is 72.1 cm³/mol. The number of hydrogen-bond acceptors (Lipinski definition) is 2. The third-order valence-corrected chi connectivity index (χ3v) is 3.36. The van der Waals surface area contributed by atoms with Crippen molar-refractivity contribution in [3.05, 3.63) is 11.6 Å². The highest BCUT2D eigenvalue weighted by Gasteiger charge is 2.45. The van der Waals surface area contributed by atoms with Crippen molar-refractivity contribution in [2.45, 2.75) is 59.0 Å². The maximum Gasteiger partial charge on any atom is 0.246 e. The number of nitrogens with zero attached hydrogens (tertiary/aromatic N) is 1. The van der Waals surface area contributed by atoms with Gasteiger partial charge in [-0.3, -0.25) is 9.59 Å². The Morgan fingerprint density at radius 1 is 1.39 bits per heavy atom. The van der Waals surface area contributed by atoms with E-state index < -0.39 is 5.54 Å². The second-order valence-corrected chi connectivity index (χ2v) is 5.60. The number of hydrogen-bond donors (Lipinski definition) is 1. The second kappa shape index (κ2) is 5.55. The summed E-state index contributed by atoms with van der Waals surface area (Å²) in [5, 5.41) is 2.82. The van der Waals surface area contributed by atoms with Crippen LogP contribution in [0.15, 0.2) is 11.6 Å². The van der Waals surface area contributed by atoms with E-state index in [9.17, 15) is 9.59 Å². The fraction of sp³-hybridized carbons (Fsp3) is 0.714. The maximum atomic E-state index is 12.4. The topological polar surface area (TPSA) is 49.4 Å². The number of allylic oxidation sites excluding steroid dienone is 1. The fourth-order valence-electron chi connectivity index (χ4n) is 2.06. The first kappa shape index (κ1) is 14.7. The van der Waals surface area contributed by atoms with Gasteiger partial charge in [0.15, 0.2) is 0 Å². The SMILES string of the molecule is CCCC1NC(=O)C(C)(C)N(CC=C(C)C)C1=O. The molecule has 0 saturated carbocycles. The Balaban J connectivity index is 2.95. The summed E-state index contributed by atoms with van der Waals surface area (Å²) in [5.74, 6) is -0.0401. The van der Waals surface area contributed by atoms with Gasteiger partial charge in [0.25, 0.3) is 0 Å². The molecule has 1 aliphatic heterocycles. The molecule has 0 aromatic heterocycles. The molecule has 4 nitrogen and oxygen atoms in total. The van der Waals surface area contributed by atoms with Crippen molar-refractivity contribution >= 4 is 11.8 Å². The second-order valence-electron chi connectivity index (χ2n) is 5.60. The quantitative estimate of drug-likeness (QED) is 0.776. The summed E-state index contributed by atoms with van der Waals surface area (Å²) in [6.07, 6.45) is 3.57. The van der Waals surface area contributed by atoms with Gasteiger partial charge < -0.3 is 10.2 Å². The van der Waals surface area contributed by atoms with E-state index in [1.54, 1.807) is 18.7 Å². The van der Waals surface area contributed by atoms with Gasteiger partial charge in [0.2, 0.25) is 11.8 Å². The van der Waals surface area contributed by atoms with Gasteiger partial charge in [-0.25, -0.2) is 0 Å². The summed E-state index contributed by atoms with van der Waals surface area (Å²) < 4.78 is 0. The van der Waals surface area contributed by atoms with E-state index in [1.807, 2.05) is 26.8 Å². The molecule has 1 rings (SSSR count). The molecule has 18 heavy (non-hydrogen) atoms. The average molecular weight is 252 g/mol. The fourth-order valence-corrected chi connectivity index (χ4v) is 2.06. The molecular formula is C14H24N2O2. The van der Waals surface area contributed by atoms with E-state index >= 15 is 0 Å². The lowest BCUT2D eigenvalue weighted by atomic mass is 9.94. The van der Waals surface area contributed by atoms with Crippen LogP contribution < -0.4 is 5.32 Å². The molecule has 1 N–H and O–H groups in total. The van der Waals surface area contributed by atoms with Crippen molar-refractivity contribution in [2.24, 2.45) is 0 Å². The Labute approximate surface area is 109 Å². The predicted octanol–water partition coefficient (Wildman–Crippen LogP) is 1.86. The standard InChI is InChI=1S/C14H24N2O2/c1-6-7-11-12(17)16(9-8-10(2)3)14(4,5)13(18)15-11/h8,11H,6-7,9H2,1-5H3,(H,15,18). The van der Waals surface area contributed by atoms with E-state index in [4.69, 9.17) is 0 Å². The van der Waals surface area contributed by atoms with Crippen molar-refractivity contribution in [2.75, 3.05) is 6.54 Å². The molecule has 4 heteroatoms. The Bertz CT molecular complexity index is 368. The molecule has 102 valence electrons. The molecule has 0 aromatic carbocycles. The van der Waals surface area contributed by atoms with Crippen LogP contribution in [-0.2, 0) is 9.59 Å². The Hall–Kier alpha value is -1.32. The van der Waals surface area contributed by atoms with Crippen LogP contribution in [0.4, 0.5) is 0 Å². The lowest BCUT2D eigenvalue weighted by Crippen LogP contribution is -2.68. The lowest BCUT2D eigenvalue weighted by molar-refractivity contribution is -0.154. The first-order valence-electron chi connectivity index (χ1n) is 6.56. The van der Waals surface area contributed by atoms with Crippen LogP contribution >= 0.6 is 0 Å². The van der Waals surface area contributed by atoms with Crippen molar-refractivity contribution in [3.63, 3.8) is 0 Å². The molecule has 1 unspecified atom stereocenters. The number of carbonyl (C=O) groups excluding carboxylic acids is 2. The molecule has 1 saturated heterocycles. The summed E-state index contributed by atoms with van der Waals surface area (Å²) in [7, 11) is 0. The first-order chi connectivity index (χ1) is 8.30. The number of rotatable bonds is 4. The van der Waals surface area contributed by atoms with Crippen molar-refractivity contribution in [1.82, 2.24) is 10.2 Å². The van der Waals surface area contributed by atoms with Gasteiger partial charge in [0.05, 0.1) is 0 Å². The Kier molecular flexibility index (Phi) is 4.54. The van der Waals surface area contributed by atoms with E-state index in [1.165, 1.54) is 0 Å². The van der Waals surface area contributed by atoms with Crippen LogP contribution in [0.3, 0.4) is 0 Å². The van der Waals surface area contributed by atoms with Crippen LogP contribution in [0.25, 0.3) is 0 Å². The molecule has 1 atom stereocenters. The zero-order valence-electron chi connectivity index (χ0n) is 12.0. The highest BCUT2D eigenvalue weighted by Crippen LogP contribution is 2.22. The Morgan fingerprint density at radius 2 is 2.00 bits per heavy atom. The molecule has 0 bridgehead atoms. The molecule has 2 amide bonds. The van der Waals surface area contributed by atoms with E-state index in [-0.39, 0.29) is 17.9 Å².